The number of fused-ring (bicyclic) bond motifs is 2. The van der Waals surface area contributed by atoms with E-state index in [4.69, 9.17) is 11.6 Å². The first-order chi connectivity index (χ1) is 10.8. The summed E-state index contributed by atoms with van der Waals surface area (Å²) in [6, 6.07) is 7.40. The first-order valence-corrected chi connectivity index (χ1v) is 8.27. The molecule has 2 unspecified atom stereocenters. The average Bonchev–Trinajstić information content (AvgIpc) is 3.13. The number of benzene rings is 1. The highest BCUT2D eigenvalue weighted by Gasteiger charge is 2.29. The van der Waals surface area contributed by atoms with Crippen LogP contribution in [-0.4, -0.2) is 44.8 Å². The van der Waals surface area contributed by atoms with E-state index in [1.165, 1.54) is 24.8 Å². The minimum atomic E-state index is 0. The molecule has 2 atom stereocenters. The van der Waals surface area contributed by atoms with Gasteiger partial charge in [-0.15, -0.1) is 12.4 Å². The molecule has 2 aliphatic heterocycles. The van der Waals surface area contributed by atoms with Crippen molar-refractivity contribution >= 4 is 24.0 Å². The van der Waals surface area contributed by atoms with Gasteiger partial charge in [0.15, 0.2) is 0 Å². The molecule has 1 aromatic heterocycles. The summed E-state index contributed by atoms with van der Waals surface area (Å²) in [7, 11) is 0. The molecular weight excluding hydrogens is 333 g/mol. The third-order valence-electron chi connectivity index (χ3n) is 4.71. The van der Waals surface area contributed by atoms with E-state index in [-0.39, 0.29) is 12.4 Å². The Morgan fingerprint density at radius 2 is 2.09 bits per heavy atom. The van der Waals surface area contributed by atoms with Gasteiger partial charge in [0.1, 0.15) is 12.7 Å². The van der Waals surface area contributed by atoms with E-state index < -0.39 is 0 Å². The van der Waals surface area contributed by atoms with Crippen molar-refractivity contribution in [1.29, 1.82) is 0 Å². The average molecular weight is 354 g/mol. The van der Waals surface area contributed by atoms with Gasteiger partial charge in [-0.3, -0.25) is 4.90 Å². The molecule has 1 N–H and O–H groups in total. The zero-order chi connectivity index (χ0) is 14.9. The maximum atomic E-state index is 6.17. The molecule has 7 heteroatoms. The number of hydrogen-bond donors (Lipinski definition) is 1. The summed E-state index contributed by atoms with van der Waals surface area (Å²) in [5.41, 5.74) is 2.26. The van der Waals surface area contributed by atoms with Crippen LogP contribution >= 0.6 is 24.0 Å². The number of nitrogens with zero attached hydrogens (tertiary/aromatic N) is 4. The molecule has 0 saturated carbocycles. The normalized spacial score (nSPS) is 24.2. The largest absolute Gasteiger partial charge is 0.310 e. The predicted molar refractivity (Wildman–Crippen MR) is 93.5 cm³/mol. The van der Waals surface area contributed by atoms with E-state index in [1.54, 1.807) is 17.3 Å². The van der Waals surface area contributed by atoms with Crippen LogP contribution < -0.4 is 5.32 Å². The van der Waals surface area contributed by atoms with Crippen LogP contribution in [0.5, 0.6) is 0 Å². The van der Waals surface area contributed by atoms with Crippen molar-refractivity contribution in [3.8, 4) is 5.69 Å². The molecule has 124 valence electrons. The first-order valence-electron chi connectivity index (χ1n) is 7.90. The second-order valence-corrected chi connectivity index (χ2v) is 6.71. The predicted octanol–water partition coefficient (Wildman–Crippen LogP) is 2.67. The van der Waals surface area contributed by atoms with E-state index in [9.17, 15) is 0 Å². The number of aromatic nitrogens is 3. The van der Waals surface area contributed by atoms with Gasteiger partial charge in [0.2, 0.25) is 0 Å². The van der Waals surface area contributed by atoms with Crippen LogP contribution in [0.4, 0.5) is 0 Å². The van der Waals surface area contributed by atoms with Gasteiger partial charge in [-0.2, -0.15) is 5.10 Å². The van der Waals surface area contributed by atoms with Gasteiger partial charge >= 0.3 is 0 Å². The summed E-state index contributed by atoms with van der Waals surface area (Å²) >= 11 is 6.17. The van der Waals surface area contributed by atoms with E-state index in [1.807, 2.05) is 12.1 Å². The number of halogens is 2. The second kappa shape index (κ2) is 7.18. The van der Waals surface area contributed by atoms with Crippen molar-refractivity contribution in [2.45, 2.75) is 37.9 Å². The SMILES string of the molecule is Cl.Clc1ccc(CN2CCC3CCC(C2)N3)c(-n2cncn2)c1. The van der Waals surface area contributed by atoms with Crippen LogP contribution in [0.2, 0.25) is 5.02 Å². The summed E-state index contributed by atoms with van der Waals surface area (Å²) < 4.78 is 1.80. The smallest absolute Gasteiger partial charge is 0.138 e. The number of nitrogens with one attached hydrogen (secondary N) is 1. The van der Waals surface area contributed by atoms with E-state index in [0.717, 1.165) is 36.4 Å². The van der Waals surface area contributed by atoms with Crippen LogP contribution in [0.3, 0.4) is 0 Å². The Hall–Kier alpha value is -1.14. The van der Waals surface area contributed by atoms with Crippen LogP contribution in [-0.2, 0) is 6.54 Å². The van der Waals surface area contributed by atoms with Gasteiger partial charge in [0.25, 0.3) is 0 Å². The second-order valence-electron chi connectivity index (χ2n) is 6.27. The van der Waals surface area contributed by atoms with Gasteiger partial charge in [-0.05, 0) is 37.0 Å². The summed E-state index contributed by atoms with van der Waals surface area (Å²) in [5.74, 6) is 0. The van der Waals surface area contributed by atoms with E-state index >= 15 is 0 Å². The summed E-state index contributed by atoms with van der Waals surface area (Å²) in [5, 5.41) is 8.71. The summed E-state index contributed by atoms with van der Waals surface area (Å²) in [6.07, 6.45) is 7.16. The molecule has 2 aliphatic rings. The monoisotopic (exact) mass is 353 g/mol. The highest BCUT2D eigenvalue weighted by Crippen LogP contribution is 2.24. The highest BCUT2D eigenvalue weighted by atomic mass is 35.5. The Balaban J connectivity index is 0.00000156. The quantitative estimate of drug-likeness (QED) is 0.921. The van der Waals surface area contributed by atoms with Crippen LogP contribution in [0, 0.1) is 0 Å². The molecule has 0 aliphatic carbocycles. The van der Waals surface area contributed by atoms with Crippen molar-refractivity contribution < 1.29 is 0 Å². The van der Waals surface area contributed by atoms with Gasteiger partial charge in [-0.1, -0.05) is 17.7 Å². The molecule has 3 heterocycles. The molecular formula is C16H21Cl2N5. The zero-order valence-electron chi connectivity index (χ0n) is 12.9. The Kier molecular flexibility index (Phi) is 5.21. The number of hydrogen-bond acceptors (Lipinski definition) is 4. The van der Waals surface area contributed by atoms with Crippen molar-refractivity contribution in [2.75, 3.05) is 13.1 Å². The lowest BCUT2D eigenvalue weighted by Gasteiger charge is -2.25. The Labute approximate surface area is 147 Å². The lowest BCUT2D eigenvalue weighted by atomic mass is 10.1. The van der Waals surface area contributed by atoms with Crippen LogP contribution in [0.25, 0.3) is 5.69 Å². The van der Waals surface area contributed by atoms with Gasteiger partial charge in [0.05, 0.1) is 5.69 Å². The lowest BCUT2D eigenvalue weighted by Crippen LogP contribution is -2.35. The molecule has 0 spiro atoms. The molecule has 5 nitrogen and oxygen atoms in total. The van der Waals surface area contributed by atoms with Crippen LogP contribution in [0.1, 0.15) is 24.8 Å². The maximum absolute atomic E-state index is 6.17. The molecule has 2 bridgehead atoms. The van der Waals surface area contributed by atoms with E-state index in [2.05, 4.69) is 26.4 Å². The van der Waals surface area contributed by atoms with Gasteiger partial charge < -0.3 is 5.32 Å². The molecule has 2 fully saturated rings. The molecule has 2 saturated heterocycles. The topological polar surface area (TPSA) is 46.0 Å². The minimum absolute atomic E-state index is 0. The Bertz CT molecular complexity index is 646. The standard InChI is InChI=1S/C16H20ClN5.ClH/c17-13-2-1-12(16(7-13)22-11-18-10-19-22)8-21-6-5-14-3-4-15(9-21)20-14;/h1-2,7,10-11,14-15,20H,3-6,8-9H2;1H. The number of rotatable bonds is 3. The van der Waals surface area contributed by atoms with Crippen molar-refractivity contribution in [3.63, 3.8) is 0 Å². The maximum Gasteiger partial charge on any atom is 0.138 e. The molecule has 2 aromatic rings. The fourth-order valence-electron chi connectivity index (χ4n) is 3.62. The van der Waals surface area contributed by atoms with E-state index in [0.29, 0.717) is 6.04 Å². The van der Waals surface area contributed by atoms with Crippen molar-refractivity contribution in [3.05, 3.63) is 41.4 Å². The first kappa shape index (κ1) is 16.7. The van der Waals surface area contributed by atoms with Gasteiger partial charge in [-0.25, -0.2) is 9.67 Å². The minimum Gasteiger partial charge on any atom is -0.310 e. The van der Waals surface area contributed by atoms with Gasteiger partial charge in [0, 0.05) is 36.7 Å². The third-order valence-corrected chi connectivity index (χ3v) is 4.95. The molecule has 1 aromatic carbocycles. The molecule has 4 rings (SSSR count). The summed E-state index contributed by atoms with van der Waals surface area (Å²) in [6.45, 7) is 3.20. The Morgan fingerprint density at radius 1 is 1.22 bits per heavy atom. The van der Waals surface area contributed by atoms with Crippen molar-refractivity contribution in [1.82, 2.24) is 25.0 Å². The fraction of sp³-hybridized carbons (Fsp3) is 0.500. The fourth-order valence-corrected chi connectivity index (χ4v) is 3.78. The Morgan fingerprint density at radius 3 is 2.91 bits per heavy atom. The van der Waals surface area contributed by atoms with Crippen molar-refractivity contribution in [2.24, 2.45) is 0 Å². The van der Waals surface area contributed by atoms with Crippen LogP contribution in [0.15, 0.2) is 30.9 Å². The zero-order valence-corrected chi connectivity index (χ0v) is 14.4. The molecule has 23 heavy (non-hydrogen) atoms. The third kappa shape index (κ3) is 3.69. The molecule has 0 amide bonds. The lowest BCUT2D eigenvalue weighted by molar-refractivity contribution is 0.250. The summed E-state index contributed by atoms with van der Waals surface area (Å²) in [4.78, 5) is 6.59. The molecule has 0 radical (unpaired) electrons. The number of likely N-dealkylation sites (tertiary alicyclic amines) is 1. The highest BCUT2D eigenvalue weighted by molar-refractivity contribution is 6.30.